The molecule has 128 valence electrons. The molecule has 1 amide bonds. The van der Waals surface area contributed by atoms with Gasteiger partial charge in [-0.1, -0.05) is 63.5 Å². The summed E-state index contributed by atoms with van der Waals surface area (Å²) in [5, 5.41) is 13.0. The second kappa shape index (κ2) is 7.01. The first kappa shape index (κ1) is 17.1. The number of nitrogens with zero attached hydrogens (tertiary/aromatic N) is 2. The van der Waals surface area contributed by atoms with Gasteiger partial charge < -0.3 is 0 Å². The molecule has 0 spiro atoms. The minimum absolute atomic E-state index is 0.0864. The number of benzene rings is 1. The second-order valence-corrected chi connectivity index (χ2v) is 8.57. The molecule has 0 bridgehead atoms. The van der Waals surface area contributed by atoms with Crippen molar-refractivity contribution in [3.63, 3.8) is 0 Å². The Bertz CT molecular complexity index is 694. The summed E-state index contributed by atoms with van der Waals surface area (Å²) in [7, 11) is 0. The van der Waals surface area contributed by atoms with Crippen molar-refractivity contribution in [2.45, 2.75) is 64.2 Å². The lowest BCUT2D eigenvalue weighted by atomic mass is 9.87. The summed E-state index contributed by atoms with van der Waals surface area (Å²) in [5.41, 5.74) is 1.95. The molecule has 5 heteroatoms. The highest BCUT2D eigenvalue weighted by Gasteiger charge is 2.20. The third-order valence-corrected chi connectivity index (χ3v) is 5.63. The van der Waals surface area contributed by atoms with Gasteiger partial charge in [0, 0.05) is 11.5 Å². The van der Waals surface area contributed by atoms with Crippen molar-refractivity contribution in [2.75, 3.05) is 5.32 Å². The maximum absolute atomic E-state index is 12.4. The number of hydrogen-bond donors (Lipinski definition) is 1. The standard InChI is InChI=1S/C19H25N3OS/c1-19(2,3)15-11-9-13(10-12-15)16(23)20-18-22-21-17(24-18)14-7-5-4-6-8-14/h9-12,14H,4-8H2,1-3H3,(H,20,22,23). The number of carbonyl (C=O) groups is 1. The topological polar surface area (TPSA) is 54.9 Å². The molecule has 0 atom stereocenters. The Morgan fingerprint density at radius 3 is 2.38 bits per heavy atom. The minimum atomic E-state index is -0.123. The fourth-order valence-electron chi connectivity index (χ4n) is 3.09. The van der Waals surface area contributed by atoms with E-state index in [-0.39, 0.29) is 11.3 Å². The van der Waals surface area contributed by atoms with Crippen LogP contribution in [0, 0.1) is 0 Å². The molecule has 0 aliphatic heterocycles. The van der Waals surface area contributed by atoms with Crippen LogP contribution in [0.2, 0.25) is 0 Å². The van der Waals surface area contributed by atoms with Crippen LogP contribution in [0.25, 0.3) is 0 Å². The van der Waals surface area contributed by atoms with E-state index in [1.54, 1.807) is 0 Å². The average Bonchev–Trinajstić information content (AvgIpc) is 3.03. The lowest BCUT2D eigenvalue weighted by Crippen LogP contribution is -2.14. The molecular formula is C19H25N3OS. The first-order valence-electron chi connectivity index (χ1n) is 8.69. The van der Waals surface area contributed by atoms with E-state index < -0.39 is 0 Å². The molecule has 0 radical (unpaired) electrons. The molecule has 24 heavy (non-hydrogen) atoms. The normalized spacial score (nSPS) is 16.1. The molecule has 1 aliphatic rings. The Hall–Kier alpha value is -1.75. The predicted octanol–water partition coefficient (Wildman–Crippen LogP) is 5.14. The number of amides is 1. The van der Waals surface area contributed by atoms with Crippen molar-refractivity contribution in [1.29, 1.82) is 0 Å². The van der Waals surface area contributed by atoms with E-state index >= 15 is 0 Å². The van der Waals surface area contributed by atoms with E-state index in [4.69, 9.17) is 0 Å². The third-order valence-electron chi connectivity index (χ3n) is 4.63. The van der Waals surface area contributed by atoms with Crippen LogP contribution in [0.1, 0.15) is 79.7 Å². The van der Waals surface area contributed by atoms with E-state index in [1.807, 2.05) is 24.3 Å². The van der Waals surface area contributed by atoms with Gasteiger partial charge in [0.25, 0.3) is 5.91 Å². The van der Waals surface area contributed by atoms with Gasteiger partial charge in [-0.25, -0.2) is 0 Å². The van der Waals surface area contributed by atoms with Gasteiger partial charge in [-0.3, -0.25) is 10.1 Å². The molecule has 1 N–H and O–H groups in total. The zero-order valence-electron chi connectivity index (χ0n) is 14.6. The molecular weight excluding hydrogens is 318 g/mol. The highest BCUT2D eigenvalue weighted by atomic mass is 32.1. The van der Waals surface area contributed by atoms with E-state index in [0.29, 0.717) is 16.6 Å². The molecule has 2 aromatic rings. The van der Waals surface area contributed by atoms with Gasteiger partial charge >= 0.3 is 0 Å². The number of rotatable bonds is 3. The van der Waals surface area contributed by atoms with Crippen LogP contribution in [0.4, 0.5) is 5.13 Å². The Morgan fingerprint density at radius 2 is 1.75 bits per heavy atom. The smallest absolute Gasteiger partial charge is 0.257 e. The minimum Gasteiger partial charge on any atom is -0.296 e. The first-order valence-corrected chi connectivity index (χ1v) is 9.50. The maximum atomic E-state index is 12.4. The summed E-state index contributed by atoms with van der Waals surface area (Å²) in [5.74, 6) is 0.398. The van der Waals surface area contributed by atoms with Crippen LogP contribution in [0.3, 0.4) is 0 Å². The van der Waals surface area contributed by atoms with Gasteiger partial charge in [-0.05, 0) is 36.0 Å². The van der Waals surface area contributed by atoms with Crippen molar-refractivity contribution in [3.05, 3.63) is 40.4 Å². The van der Waals surface area contributed by atoms with Gasteiger partial charge in [0.2, 0.25) is 5.13 Å². The van der Waals surface area contributed by atoms with E-state index in [9.17, 15) is 4.79 Å². The van der Waals surface area contributed by atoms with Crippen LogP contribution in [0.5, 0.6) is 0 Å². The first-order chi connectivity index (χ1) is 11.4. The third kappa shape index (κ3) is 4.01. The van der Waals surface area contributed by atoms with Crippen molar-refractivity contribution in [3.8, 4) is 0 Å². The number of anilines is 1. The number of aromatic nitrogens is 2. The highest BCUT2D eigenvalue weighted by Crippen LogP contribution is 2.35. The zero-order chi connectivity index (χ0) is 17.2. The quantitative estimate of drug-likeness (QED) is 0.840. The monoisotopic (exact) mass is 343 g/mol. The van der Waals surface area contributed by atoms with Crippen molar-refractivity contribution < 1.29 is 4.79 Å². The Morgan fingerprint density at radius 1 is 1.08 bits per heavy atom. The molecule has 1 heterocycles. The van der Waals surface area contributed by atoms with Crippen LogP contribution in [-0.4, -0.2) is 16.1 Å². The molecule has 0 saturated heterocycles. The van der Waals surface area contributed by atoms with Gasteiger partial charge in [0.05, 0.1) is 0 Å². The lowest BCUT2D eigenvalue weighted by molar-refractivity contribution is 0.102. The zero-order valence-corrected chi connectivity index (χ0v) is 15.4. The summed E-state index contributed by atoms with van der Waals surface area (Å²) in [4.78, 5) is 12.4. The lowest BCUT2D eigenvalue weighted by Gasteiger charge is -2.19. The molecule has 0 unspecified atom stereocenters. The fraction of sp³-hybridized carbons (Fsp3) is 0.526. The molecule has 4 nitrogen and oxygen atoms in total. The number of hydrogen-bond acceptors (Lipinski definition) is 4. The van der Waals surface area contributed by atoms with Crippen molar-refractivity contribution >= 4 is 22.4 Å². The van der Waals surface area contributed by atoms with Crippen molar-refractivity contribution in [2.24, 2.45) is 0 Å². The summed E-state index contributed by atoms with van der Waals surface area (Å²) < 4.78 is 0. The second-order valence-electron chi connectivity index (χ2n) is 7.56. The molecule has 3 rings (SSSR count). The summed E-state index contributed by atoms with van der Waals surface area (Å²) in [6.07, 6.45) is 6.25. The molecule has 1 aromatic heterocycles. The highest BCUT2D eigenvalue weighted by molar-refractivity contribution is 7.15. The Balaban J connectivity index is 1.65. The molecule has 1 aromatic carbocycles. The van der Waals surface area contributed by atoms with E-state index in [0.717, 1.165) is 5.01 Å². The molecule has 1 fully saturated rings. The van der Waals surface area contributed by atoms with Crippen LogP contribution in [-0.2, 0) is 5.41 Å². The Labute approximate surface area is 147 Å². The number of carbonyl (C=O) groups excluding carboxylic acids is 1. The Kier molecular flexibility index (Phi) is 4.99. The number of nitrogens with one attached hydrogen (secondary N) is 1. The molecule has 1 saturated carbocycles. The van der Waals surface area contributed by atoms with Crippen LogP contribution < -0.4 is 5.32 Å². The average molecular weight is 343 g/mol. The van der Waals surface area contributed by atoms with E-state index in [2.05, 4.69) is 36.3 Å². The fourth-order valence-corrected chi connectivity index (χ4v) is 4.00. The van der Waals surface area contributed by atoms with E-state index in [1.165, 1.54) is 49.0 Å². The summed E-state index contributed by atoms with van der Waals surface area (Å²) in [6.45, 7) is 6.49. The molecule has 1 aliphatic carbocycles. The van der Waals surface area contributed by atoms with Gasteiger partial charge in [-0.2, -0.15) is 0 Å². The predicted molar refractivity (Wildman–Crippen MR) is 98.8 cm³/mol. The summed E-state index contributed by atoms with van der Waals surface area (Å²) in [6, 6.07) is 7.78. The van der Waals surface area contributed by atoms with Gasteiger partial charge in [-0.15, -0.1) is 10.2 Å². The van der Waals surface area contributed by atoms with Crippen molar-refractivity contribution in [1.82, 2.24) is 10.2 Å². The SMILES string of the molecule is CC(C)(C)c1ccc(C(=O)Nc2nnc(C3CCCCC3)s2)cc1. The largest absolute Gasteiger partial charge is 0.296 e. The van der Waals surface area contributed by atoms with Gasteiger partial charge in [0.15, 0.2) is 0 Å². The van der Waals surface area contributed by atoms with Gasteiger partial charge in [0.1, 0.15) is 5.01 Å². The van der Waals surface area contributed by atoms with Crippen LogP contribution >= 0.6 is 11.3 Å². The summed E-state index contributed by atoms with van der Waals surface area (Å²) >= 11 is 1.52. The maximum Gasteiger partial charge on any atom is 0.257 e. The van der Waals surface area contributed by atoms with Crippen LogP contribution in [0.15, 0.2) is 24.3 Å².